The summed E-state index contributed by atoms with van der Waals surface area (Å²) >= 11 is 1.26. The summed E-state index contributed by atoms with van der Waals surface area (Å²) in [6.45, 7) is 5.40. The summed E-state index contributed by atoms with van der Waals surface area (Å²) in [5, 5.41) is 7.63. The summed E-state index contributed by atoms with van der Waals surface area (Å²) in [7, 11) is -3.77. The van der Waals surface area contributed by atoms with Gasteiger partial charge in [0.1, 0.15) is 5.03 Å². The quantitative estimate of drug-likeness (QED) is 0.657. The van der Waals surface area contributed by atoms with E-state index in [4.69, 9.17) is 0 Å². The zero-order valence-electron chi connectivity index (χ0n) is 15.5. The summed E-state index contributed by atoms with van der Waals surface area (Å²) in [6.07, 6.45) is 1.78. The highest BCUT2D eigenvalue weighted by molar-refractivity contribution is 7.99. The van der Waals surface area contributed by atoms with Crippen molar-refractivity contribution in [2.45, 2.75) is 42.1 Å². The molecule has 7 nitrogen and oxygen atoms in total. The minimum atomic E-state index is -3.77. The third-order valence-electron chi connectivity index (χ3n) is 4.28. The SMILES string of the molecule is CSc1nn2c(C)c(CNC(C)=O)c(C)nc2c1S(=O)(=O)c1ccccc1. The number of nitrogens with zero attached hydrogens (tertiary/aromatic N) is 3. The number of aromatic nitrogens is 3. The monoisotopic (exact) mass is 404 g/mol. The van der Waals surface area contributed by atoms with Gasteiger partial charge in [-0.2, -0.15) is 5.10 Å². The molecule has 0 radical (unpaired) electrons. The molecular weight excluding hydrogens is 384 g/mol. The van der Waals surface area contributed by atoms with E-state index in [2.05, 4.69) is 15.4 Å². The van der Waals surface area contributed by atoms with Gasteiger partial charge >= 0.3 is 0 Å². The molecule has 3 rings (SSSR count). The maximum absolute atomic E-state index is 13.2. The van der Waals surface area contributed by atoms with Crippen LogP contribution < -0.4 is 5.32 Å². The molecule has 0 saturated carbocycles. The smallest absolute Gasteiger partial charge is 0.217 e. The van der Waals surface area contributed by atoms with Crippen LogP contribution in [0.1, 0.15) is 23.9 Å². The Morgan fingerprint density at radius 2 is 1.89 bits per heavy atom. The van der Waals surface area contributed by atoms with Crippen LogP contribution in [0.2, 0.25) is 0 Å². The molecule has 3 aromatic rings. The predicted octanol–water partition coefficient (Wildman–Crippen LogP) is 2.54. The Bertz CT molecular complexity index is 1120. The molecular formula is C18H20N4O3S2. The maximum Gasteiger partial charge on any atom is 0.217 e. The number of hydrogen-bond donors (Lipinski definition) is 1. The van der Waals surface area contributed by atoms with Crippen LogP contribution in [0, 0.1) is 13.8 Å². The molecule has 0 fully saturated rings. The standard InChI is InChI=1S/C18H20N4O3S2/c1-11-15(10-19-13(3)23)12(2)22-17(20-11)16(18(21-22)26-4)27(24,25)14-8-6-5-7-9-14/h5-9H,10H2,1-4H3,(H,19,23). The van der Waals surface area contributed by atoms with Gasteiger partial charge in [-0.15, -0.1) is 11.8 Å². The second kappa shape index (κ2) is 7.32. The number of thioether (sulfide) groups is 1. The van der Waals surface area contributed by atoms with Crippen LogP contribution in [0.25, 0.3) is 5.65 Å². The van der Waals surface area contributed by atoms with Crippen LogP contribution in [-0.4, -0.2) is 35.2 Å². The van der Waals surface area contributed by atoms with Crippen molar-refractivity contribution in [3.63, 3.8) is 0 Å². The molecule has 2 aromatic heterocycles. The fourth-order valence-electron chi connectivity index (χ4n) is 2.88. The average molecular weight is 405 g/mol. The number of nitrogens with one attached hydrogen (secondary N) is 1. The van der Waals surface area contributed by atoms with Gasteiger partial charge in [-0.05, 0) is 32.2 Å². The summed E-state index contributed by atoms with van der Waals surface area (Å²) in [6, 6.07) is 8.27. The van der Waals surface area contributed by atoms with Crippen molar-refractivity contribution < 1.29 is 13.2 Å². The first-order valence-electron chi connectivity index (χ1n) is 8.24. The Morgan fingerprint density at radius 1 is 1.22 bits per heavy atom. The minimum absolute atomic E-state index is 0.110. The van der Waals surface area contributed by atoms with Crippen molar-refractivity contribution in [3.05, 3.63) is 47.3 Å². The van der Waals surface area contributed by atoms with E-state index < -0.39 is 9.84 Å². The number of hydrogen-bond acceptors (Lipinski definition) is 6. The van der Waals surface area contributed by atoms with Crippen molar-refractivity contribution in [2.75, 3.05) is 6.26 Å². The number of carbonyl (C=O) groups excluding carboxylic acids is 1. The van der Waals surface area contributed by atoms with Crippen LogP contribution in [0.4, 0.5) is 0 Å². The molecule has 0 unspecified atom stereocenters. The minimum Gasteiger partial charge on any atom is -0.352 e. The van der Waals surface area contributed by atoms with E-state index in [1.807, 2.05) is 6.92 Å². The number of carbonyl (C=O) groups is 1. The zero-order valence-corrected chi connectivity index (χ0v) is 17.1. The van der Waals surface area contributed by atoms with Crippen LogP contribution >= 0.6 is 11.8 Å². The van der Waals surface area contributed by atoms with Crippen molar-refractivity contribution in [1.82, 2.24) is 19.9 Å². The fraction of sp³-hybridized carbons (Fsp3) is 0.278. The summed E-state index contributed by atoms with van der Waals surface area (Å²) < 4.78 is 28.0. The lowest BCUT2D eigenvalue weighted by Crippen LogP contribution is -2.21. The lowest BCUT2D eigenvalue weighted by Gasteiger charge is -2.12. The molecule has 0 saturated heterocycles. The second-order valence-corrected chi connectivity index (χ2v) is 8.74. The van der Waals surface area contributed by atoms with E-state index in [1.54, 1.807) is 48.0 Å². The molecule has 142 valence electrons. The first-order chi connectivity index (χ1) is 12.8. The number of sulfone groups is 1. The third kappa shape index (κ3) is 3.44. The van der Waals surface area contributed by atoms with Crippen LogP contribution in [0.15, 0.2) is 45.1 Å². The summed E-state index contributed by atoms with van der Waals surface area (Å²) in [5.74, 6) is -0.147. The molecule has 0 aliphatic heterocycles. The molecule has 0 bridgehead atoms. The molecule has 2 heterocycles. The average Bonchev–Trinajstić information content (AvgIpc) is 3.01. The second-order valence-electron chi connectivity index (χ2n) is 6.06. The zero-order chi connectivity index (χ0) is 19.8. The van der Waals surface area contributed by atoms with E-state index in [9.17, 15) is 13.2 Å². The Balaban J connectivity index is 2.27. The normalized spacial score (nSPS) is 11.7. The van der Waals surface area contributed by atoms with Gasteiger partial charge in [-0.1, -0.05) is 18.2 Å². The number of fused-ring (bicyclic) bond motifs is 1. The highest BCUT2D eigenvalue weighted by Gasteiger charge is 2.29. The number of aryl methyl sites for hydroxylation is 2. The van der Waals surface area contributed by atoms with Crippen molar-refractivity contribution >= 4 is 33.2 Å². The van der Waals surface area contributed by atoms with Gasteiger partial charge in [-0.3, -0.25) is 4.79 Å². The van der Waals surface area contributed by atoms with Crippen molar-refractivity contribution in [1.29, 1.82) is 0 Å². The first kappa shape index (κ1) is 19.4. The first-order valence-corrected chi connectivity index (χ1v) is 11.0. The molecule has 0 spiro atoms. The molecule has 0 aliphatic carbocycles. The van der Waals surface area contributed by atoms with Crippen molar-refractivity contribution in [3.8, 4) is 0 Å². The molecule has 1 amide bonds. The van der Waals surface area contributed by atoms with Gasteiger partial charge in [0, 0.05) is 30.4 Å². The summed E-state index contributed by atoms with van der Waals surface area (Å²) in [5.41, 5.74) is 2.52. The summed E-state index contributed by atoms with van der Waals surface area (Å²) in [4.78, 5) is 16.1. The fourth-order valence-corrected chi connectivity index (χ4v) is 5.29. The highest BCUT2D eigenvalue weighted by Crippen LogP contribution is 2.33. The van der Waals surface area contributed by atoms with E-state index in [-0.39, 0.29) is 15.7 Å². The van der Waals surface area contributed by atoms with Gasteiger partial charge < -0.3 is 5.32 Å². The van der Waals surface area contributed by atoms with Crippen molar-refractivity contribution in [2.24, 2.45) is 0 Å². The molecule has 9 heteroatoms. The van der Waals surface area contributed by atoms with E-state index in [0.29, 0.717) is 22.9 Å². The van der Waals surface area contributed by atoms with E-state index in [0.717, 1.165) is 11.3 Å². The predicted molar refractivity (Wildman–Crippen MR) is 104 cm³/mol. The third-order valence-corrected chi connectivity index (χ3v) is 6.89. The largest absolute Gasteiger partial charge is 0.352 e. The van der Waals surface area contributed by atoms with Crippen LogP contribution in [0.5, 0.6) is 0 Å². The Hall–Kier alpha value is -2.39. The lowest BCUT2D eigenvalue weighted by atomic mass is 10.1. The van der Waals surface area contributed by atoms with Gasteiger partial charge in [0.05, 0.1) is 4.90 Å². The molecule has 27 heavy (non-hydrogen) atoms. The maximum atomic E-state index is 13.2. The van der Waals surface area contributed by atoms with E-state index >= 15 is 0 Å². The highest BCUT2D eigenvalue weighted by atomic mass is 32.2. The molecule has 1 N–H and O–H groups in total. The molecule has 0 aliphatic rings. The topological polar surface area (TPSA) is 93.4 Å². The Morgan fingerprint density at radius 3 is 2.48 bits per heavy atom. The van der Waals surface area contributed by atoms with Gasteiger partial charge in [0.15, 0.2) is 10.5 Å². The van der Waals surface area contributed by atoms with E-state index in [1.165, 1.54) is 18.7 Å². The van der Waals surface area contributed by atoms with Gasteiger partial charge in [0.2, 0.25) is 15.7 Å². The lowest BCUT2D eigenvalue weighted by molar-refractivity contribution is -0.119. The van der Waals surface area contributed by atoms with Crippen LogP contribution in [0.3, 0.4) is 0 Å². The van der Waals surface area contributed by atoms with Gasteiger partial charge in [0.25, 0.3) is 0 Å². The molecule has 1 aromatic carbocycles. The number of rotatable bonds is 5. The number of amides is 1. The molecule has 0 atom stereocenters. The van der Waals surface area contributed by atoms with Gasteiger partial charge in [-0.25, -0.2) is 17.9 Å². The number of benzene rings is 1. The Labute approximate surface area is 162 Å². The Kier molecular flexibility index (Phi) is 5.25. The van der Waals surface area contributed by atoms with Crippen LogP contribution in [-0.2, 0) is 21.2 Å².